The van der Waals surface area contributed by atoms with Gasteiger partial charge in [0.25, 0.3) is 0 Å². The molecule has 0 radical (unpaired) electrons. The maximum Gasteiger partial charge on any atom is 0.175 e. The Hall–Kier alpha value is -5.77. The molecule has 3 heteroatoms. The van der Waals surface area contributed by atoms with Crippen LogP contribution in [0.25, 0.3) is 44.7 Å². The molecule has 0 saturated carbocycles. The Morgan fingerprint density at radius 1 is 0.500 bits per heavy atom. The first-order chi connectivity index (χ1) is 23.8. The topological polar surface area (TPSA) is 17.8 Å². The quantitative estimate of drug-likeness (QED) is 0.133. The van der Waals surface area contributed by atoms with E-state index in [1.807, 2.05) is 6.20 Å². The summed E-state index contributed by atoms with van der Waals surface area (Å²) in [4.78, 5) is 4.79. The van der Waals surface area contributed by atoms with Gasteiger partial charge in [-0.3, -0.25) is 4.98 Å². The van der Waals surface area contributed by atoms with Crippen molar-refractivity contribution in [3.63, 3.8) is 0 Å². The highest BCUT2D eigenvalue weighted by atomic mass is 28.3. The fourth-order valence-electron chi connectivity index (χ4n) is 8.05. The highest BCUT2D eigenvalue weighted by molar-refractivity contribution is 7.16. The average molecular weight is 631 g/mol. The number of allylic oxidation sites excluding steroid dienone is 1. The zero-order valence-corrected chi connectivity index (χ0v) is 27.6. The van der Waals surface area contributed by atoms with Crippen molar-refractivity contribution in [2.75, 3.05) is 0 Å². The van der Waals surface area contributed by atoms with Crippen LogP contribution in [-0.2, 0) is 6.42 Å². The molecular formula is C45H34N2Si. The summed E-state index contributed by atoms with van der Waals surface area (Å²) in [7, 11) is -2.57. The van der Waals surface area contributed by atoms with E-state index in [2.05, 4.69) is 181 Å². The summed E-state index contributed by atoms with van der Waals surface area (Å²) >= 11 is 0. The molecule has 2 aromatic heterocycles. The summed E-state index contributed by atoms with van der Waals surface area (Å²) in [5, 5.41) is 9.54. The van der Waals surface area contributed by atoms with E-state index >= 15 is 0 Å². The van der Waals surface area contributed by atoms with E-state index in [-0.39, 0.29) is 0 Å². The first-order valence-electron chi connectivity index (χ1n) is 16.8. The summed E-state index contributed by atoms with van der Waals surface area (Å²) in [5.74, 6) is 0. The van der Waals surface area contributed by atoms with Gasteiger partial charge in [0, 0.05) is 39.5 Å². The van der Waals surface area contributed by atoms with E-state index < -0.39 is 8.07 Å². The van der Waals surface area contributed by atoms with E-state index in [9.17, 15) is 0 Å². The van der Waals surface area contributed by atoms with Crippen molar-refractivity contribution in [1.82, 2.24) is 9.55 Å². The highest BCUT2D eigenvalue weighted by Crippen LogP contribution is 2.38. The van der Waals surface area contributed by atoms with Crippen LogP contribution in [0.3, 0.4) is 0 Å². The third-order valence-corrected chi connectivity index (χ3v) is 15.1. The van der Waals surface area contributed by atoms with Crippen molar-refractivity contribution in [1.29, 1.82) is 0 Å². The molecule has 2 heterocycles. The van der Waals surface area contributed by atoms with Crippen molar-refractivity contribution in [3.05, 3.63) is 193 Å². The zero-order valence-electron chi connectivity index (χ0n) is 26.6. The number of hydrogen-bond donors (Lipinski definition) is 0. The molecule has 0 bridgehead atoms. The van der Waals surface area contributed by atoms with Crippen LogP contribution in [0, 0.1) is 0 Å². The number of aromatic nitrogens is 2. The van der Waals surface area contributed by atoms with Gasteiger partial charge in [0.15, 0.2) is 8.07 Å². The molecule has 0 amide bonds. The van der Waals surface area contributed by atoms with Crippen LogP contribution >= 0.6 is 0 Å². The van der Waals surface area contributed by atoms with Crippen LogP contribution in [0.2, 0.25) is 0 Å². The number of benzene rings is 6. The van der Waals surface area contributed by atoms with Gasteiger partial charge in [0.1, 0.15) is 0 Å². The molecule has 0 N–H and O–H groups in total. The van der Waals surface area contributed by atoms with E-state index in [4.69, 9.17) is 4.98 Å². The summed E-state index contributed by atoms with van der Waals surface area (Å²) in [6, 6.07) is 62.3. The first kappa shape index (κ1) is 28.4. The van der Waals surface area contributed by atoms with Gasteiger partial charge in [0.05, 0.1) is 11.2 Å². The molecular weight excluding hydrogens is 597 g/mol. The van der Waals surface area contributed by atoms with E-state index in [1.165, 1.54) is 54.2 Å². The average Bonchev–Trinajstić information content (AvgIpc) is 3.50. The summed E-state index contributed by atoms with van der Waals surface area (Å²) in [5.41, 5.74) is 7.33. The van der Waals surface area contributed by atoms with Gasteiger partial charge >= 0.3 is 0 Å². The second kappa shape index (κ2) is 11.8. The van der Waals surface area contributed by atoms with Gasteiger partial charge in [-0.25, -0.2) is 0 Å². The molecule has 0 aliphatic heterocycles. The number of nitrogens with zero attached hydrogens (tertiary/aromatic N) is 2. The lowest BCUT2D eigenvalue weighted by Gasteiger charge is -2.38. The van der Waals surface area contributed by atoms with E-state index in [0.29, 0.717) is 0 Å². The molecule has 2 nitrogen and oxygen atoms in total. The van der Waals surface area contributed by atoms with Crippen LogP contribution in [0.4, 0.5) is 0 Å². The molecule has 8 aromatic rings. The largest absolute Gasteiger partial charge is 0.313 e. The Morgan fingerprint density at radius 3 is 1.71 bits per heavy atom. The van der Waals surface area contributed by atoms with Crippen molar-refractivity contribution in [3.8, 4) is 16.9 Å². The predicted octanol–water partition coefficient (Wildman–Crippen LogP) is 8.88. The molecule has 0 spiro atoms. The Kier molecular flexibility index (Phi) is 6.99. The van der Waals surface area contributed by atoms with Gasteiger partial charge in [-0.15, -0.1) is 0 Å². The number of para-hydroxylation sites is 1. The number of rotatable bonds is 6. The molecule has 9 rings (SSSR count). The highest BCUT2D eigenvalue weighted by Gasteiger charge is 2.44. The van der Waals surface area contributed by atoms with Crippen molar-refractivity contribution in [2.24, 2.45) is 0 Å². The number of pyridine rings is 1. The SMILES string of the molecule is C1=C([Si](c2ccccc2)(c2ccccc2)c2ccccc2)CCc2c1c1ccccc1n2-c1ccc(-c2nccc3ccccc23)cc1. The van der Waals surface area contributed by atoms with Gasteiger partial charge in [-0.2, -0.15) is 0 Å². The van der Waals surface area contributed by atoms with Crippen LogP contribution in [0.1, 0.15) is 17.7 Å². The Morgan fingerprint density at radius 2 is 1.06 bits per heavy atom. The van der Waals surface area contributed by atoms with Crippen LogP contribution in [0.5, 0.6) is 0 Å². The lowest BCUT2D eigenvalue weighted by Crippen LogP contribution is -2.68. The van der Waals surface area contributed by atoms with Crippen molar-refractivity contribution in [2.45, 2.75) is 12.8 Å². The van der Waals surface area contributed by atoms with Crippen molar-refractivity contribution >= 4 is 51.4 Å². The summed E-state index contributed by atoms with van der Waals surface area (Å²) in [6.07, 6.45) is 6.47. The van der Waals surface area contributed by atoms with Crippen LogP contribution in [0.15, 0.2) is 181 Å². The maximum atomic E-state index is 4.79. The zero-order chi connectivity index (χ0) is 31.9. The summed E-state index contributed by atoms with van der Waals surface area (Å²) in [6.45, 7) is 0. The Balaban J connectivity index is 1.24. The van der Waals surface area contributed by atoms with Crippen molar-refractivity contribution < 1.29 is 0 Å². The molecule has 228 valence electrons. The van der Waals surface area contributed by atoms with E-state index in [0.717, 1.165) is 24.1 Å². The third-order valence-electron chi connectivity index (χ3n) is 10.1. The molecule has 0 fully saturated rings. The fraction of sp³-hybridized carbons (Fsp3) is 0.0444. The number of hydrogen-bond acceptors (Lipinski definition) is 1. The molecule has 6 aromatic carbocycles. The minimum atomic E-state index is -2.57. The van der Waals surface area contributed by atoms with Crippen LogP contribution in [-0.4, -0.2) is 17.6 Å². The molecule has 0 unspecified atom stereocenters. The van der Waals surface area contributed by atoms with Gasteiger partial charge < -0.3 is 4.57 Å². The Labute approximate surface area is 282 Å². The minimum absolute atomic E-state index is 0.976. The lowest BCUT2D eigenvalue weighted by atomic mass is 10.0. The fourth-order valence-corrected chi connectivity index (χ4v) is 13.1. The predicted molar refractivity (Wildman–Crippen MR) is 204 cm³/mol. The normalized spacial score (nSPS) is 13.0. The first-order valence-corrected chi connectivity index (χ1v) is 18.8. The molecule has 0 atom stereocenters. The van der Waals surface area contributed by atoms with E-state index in [1.54, 1.807) is 5.20 Å². The smallest absolute Gasteiger partial charge is 0.175 e. The van der Waals surface area contributed by atoms with Gasteiger partial charge in [-0.05, 0) is 58.1 Å². The molecule has 1 aliphatic rings. The second-order valence-corrected chi connectivity index (χ2v) is 16.5. The Bertz CT molecular complexity index is 2320. The number of fused-ring (bicyclic) bond motifs is 4. The third kappa shape index (κ3) is 4.50. The van der Waals surface area contributed by atoms with Crippen LogP contribution < -0.4 is 15.6 Å². The van der Waals surface area contributed by atoms with Gasteiger partial charge in [-0.1, -0.05) is 157 Å². The lowest BCUT2D eigenvalue weighted by molar-refractivity contribution is 0.877. The second-order valence-electron chi connectivity index (χ2n) is 12.7. The maximum absolute atomic E-state index is 4.79. The summed E-state index contributed by atoms with van der Waals surface area (Å²) < 4.78 is 2.50. The molecule has 0 saturated heterocycles. The molecule has 1 aliphatic carbocycles. The monoisotopic (exact) mass is 630 g/mol. The standard InChI is InChI=1S/C45H34N2Si/c1-4-15-36(16-5-1)48(37-17-6-2-7-18-37,38-19-8-3-9-20-38)39-28-29-44-42(32-39)41-22-12-13-23-43(41)47(44)35-26-24-34(25-27-35)45-40-21-11-10-14-33(40)30-31-46-45/h1-27,30-32H,28-29H2. The van der Waals surface area contributed by atoms with Gasteiger partial charge in [0.2, 0.25) is 0 Å². The molecule has 48 heavy (non-hydrogen) atoms. The minimum Gasteiger partial charge on any atom is -0.313 e.